The van der Waals surface area contributed by atoms with E-state index < -0.39 is 76.1 Å². The highest BCUT2D eigenvalue weighted by Gasteiger charge is 2.69. The molecule has 0 bridgehead atoms. The van der Waals surface area contributed by atoms with Crippen LogP contribution in [0, 0.1) is 23.7 Å². The monoisotopic (exact) mass is 641 g/mol. The lowest BCUT2D eigenvalue weighted by atomic mass is 9.52. The van der Waals surface area contributed by atoms with Gasteiger partial charge in [0, 0.05) is 31.1 Å². The lowest BCUT2D eigenvalue weighted by Crippen LogP contribution is -2.74. The van der Waals surface area contributed by atoms with Gasteiger partial charge in [-0.05, 0) is 55.9 Å². The first kappa shape index (κ1) is 31.8. The summed E-state index contributed by atoms with van der Waals surface area (Å²) in [5.74, 6) is -11.6. The van der Waals surface area contributed by atoms with E-state index in [9.17, 15) is 39.0 Å². The maximum Gasteiger partial charge on any atom is 0.323 e. The summed E-state index contributed by atoms with van der Waals surface area (Å²) in [4.78, 5) is 83.8. The van der Waals surface area contributed by atoms with E-state index in [2.05, 4.69) is 10.6 Å². The number of primary amides is 1. The predicted octanol–water partition coefficient (Wildman–Crippen LogP) is 1.73. The molecule has 3 aliphatic carbocycles. The van der Waals surface area contributed by atoms with E-state index >= 15 is 0 Å². The predicted molar refractivity (Wildman–Crippen MR) is 172 cm³/mol. The number of ketones is 4. The number of likely N-dealkylation sites (N-methyl/N-ethyl adjacent to an activating group) is 1. The second-order valence-corrected chi connectivity index (χ2v) is 12.9. The minimum atomic E-state index is -2.83. The first-order valence-corrected chi connectivity index (χ1v) is 15.1. The van der Waals surface area contributed by atoms with Gasteiger partial charge in [-0.2, -0.15) is 0 Å². The van der Waals surface area contributed by atoms with Crippen LogP contribution in [0.4, 0.5) is 21.9 Å². The number of anilines is 3. The molecule has 0 aromatic heterocycles. The number of aromatic hydroxyl groups is 1. The number of phenols is 1. The van der Waals surface area contributed by atoms with Gasteiger partial charge in [0.15, 0.2) is 34.7 Å². The van der Waals surface area contributed by atoms with Crippen LogP contribution in [-0.4, -0.2) is 90.0 Å². The topological polar surface area (TPSA) is 199 Å². The van der Waals surface area contributed by atoms with Crippen LogP contribution in [0.3, 0.4) is 0 Å². The van der Waals surface area contributed by atoms with Crippen molar-refractivity contribution in [2.45, 2.75) is 24.5 Å². The molecule has 0 saturated heterocycles. The fourth-order valence-electron chi connectivity index (χ4n) is 7.76. The number of fused-ring (bicyclic) bond motifs is 4. The SMILES string of the molecule is CN(C)c1cc(NC(=O)Nc2cccc3ccccc23)c(O)c2c1C[C@@H]1C[C@@H]3[C@@H](N(C)C)C(=O)C(C(N)=O)C(=O)[C@]3(O)C(=O)C1C2=O. The fourth-order valence-corrected chi connectivity index (χ4v) is 7.76. The van der Waals surface area contributed by atoms with Gasteiger partial charge in [-0.15, -0.1) is 0 Å². The molecule has 2 fully saturated rings. The number of amides is 3. The van der Waals surface area contributed by atoms with Crippen molar-refractivity contribution in [2.75, 3.05) is 43.7 Å². The van der Waals surface area contributed by atoms with Gasteiger partial charge in [0.25, 0.3) is 0 Å². The summed E-state index contributed by atoms with van der Waals surface area (Å²) >= 11 is 0. The number of carbonyl (C=O) groups excluding carboxylic acids is 6. The lowest BCUT2D eigenvalue weighted by molar-refractivity contribution is -0.181. The Morgan fingerprint density at radius 3 is 2.26 bits per heavy atom. The zero-order valence-corrected chi connectivity index (χ0v) is 26.2. The third-order valence-corrected chi connectivity index (χ3v) is 9.81. The van der Waals surface area contributed by atoms with Gasteiger partial charge in [-0.3, -0.25) is 28.9 Å². The Morgan fingerprint density at radius 2 is 1.60 bits per heavy atom. The maximum absolute atomic E-state index is 14.2. The summed E-state index contributed by atoms with van der Waals surface area (Å²) in [7, 11) is 6.50. The largest absolute Gasteiger partial charge is 0.505 e. The molecule has 2 saturated carbocycles. The number of Topliss-reactive ketones (excluding diaryl/α,β-unsaturated/α-hetero) is 4. The Morgan fingerprint density at radius 1 is 0.936 bits per heavy atom. The van der Waals surface area contributed by atoms with Gasteiger partial charge in [-0.25, -0.2) is 4.79 Å². The number of nitrogens with two attached hydrogens (primary N) is 1. The van der Waals surface area contributed by atoms with E-state index in [0.717, 1.165) is 10.8 Å². The van der Waals surface area contributed by atoms with Gasteiger partial charge in [-0.1, -0.05) is 36.4 Å². The highest BCUT2D eigenvalue weighted by Crippen LogP contribution is 2.52. The Hall–Kier alpha value is -5.14. The zero-order chi connectivity index (χ0) is 34.1. The standard InChI is InChI=1S/C34H35N5O8/c1-38(2)22-14-21(37-33(46)36-20-11-7-9-15-8-5-6-10-17(15)20)27(40)24-18(22)12-16-13-19-26(39(3)4)29(42)25(32(35)45)31(44)34(19,47)30(43)23(16)28(24)41/h5-11,14,16,19,23,25-26,40,47H,12-13H2,1-4H3,(H2,35,45)(H2,36,37,46)/t16-,19-,23?,25?,26-,34-/m1/s1. The van der Waals surface area contributed by atoms with Crippen molar-refractivity contribution in [3.63, 3.8) is 0 Å². The molecular formula is C34H35N5O8. The highest BCUT2D eigenvalue weighted by molar-refractivity contribution is 6.32. The normalized spacial score (nSPS) is 26.8. The Kier molecular flexibility index (Phi) is 7.64. The van der Waals surface area contributed by atoms with E-state index in [1.54, 1.807) is 31.1 Å². The van der Waals surface area contributed by atoms with Crippen molar-refractivity contribution in [3.05, 3.63) is 59.7 Å². The van der Waals surface area contributed by atoms with Gasteiger partial charge in [0.1, 0.15) is 5.75 Å². The number of aliphatic hydroxyl groups is 1. The third kappa shape index (κ3) is 4.76. The number of rotatable bonds is 5. The van der Waals surface area contributed by atoms with E-state index in [0.29, 0.717) is 16.9 Å². The van der Waals surface area contributed by atoms with Crippen molar-refractivity contribution in [3.8, 4) is 5.75 Å². The van der Waals surface area contributed by atoms with Crippen molar-refractivity contribution in [1.29, 1.82) is 0 Å². The van der Waals surface area contributed by atoms with Gasteiger partial charge in [0.2, 0.25) is 5.91 Å². The molecule has 6 N–H and O–H groups in total. The van der Waals surface area contributed by atoms with Crippen LogP contribution < -0.4 is 21.3 Å². The fraction of sp³-hybridized carbons (Fsp3) is 0.353. The first-order chi connectivity index (χ1) is 22.2. The number of hydrogen-bond acceptors (Lipinski definition) is 10. The first-order valence-electron chi connectivity index (χ1n) is 15.1. The van der Waals surface area contributed by atoms with Gasteiger partial charge < -0.3 is 31.5 Å². The van der Waals surface area contributed by atoms with Gasteiger partial charge in [0.05, 0.1) is 28.9 Å². The van der Waals surface area contributed by atoms with Gasteiger partial charge >= 0.3 is 6.03 Å². The van der Waals surface area contributed by atoms with E-state index in [1.807, 2.05) is 30.3 Å². The summed E-state index contributed by atoms with van der Waals surface area (Å²) in [6.07, 6.45) is 0.0281. The molecule has 3 amide bonds. The molecule has 6 atom stereocenters. The number of nitrogens with zero attached hydrogens (tertiary/aromatic N) is 2. The molecule has 0 radical (unpaired) electrons. The molecule has 244 valence electrons. The summed E-state index contributed by atoms with van der Waals surface area (Å²) in [5, 5.41) is 30.3. The van der Waals surface area contributed by atoms with Crippen molar-refractivity contribution >= 4 is 62.9 Å². The number of carbonyl (C=O) groups is 6. The van der Waals surface area contributed by atoms with Crippen LogP contribution in [-0.2, 0) is 25.6 Å². The Balaban J connectivity index is 1.39. The second-order valence-electron chi connectivity index (χ2n) is 12.9. The van der Waals surface area contributed by atoms with E-state index in [1.165, 1.54) is 25.1 Å². The minimum Gasteiger partial charge on any atom is -0.505 e. The number of nitrogens with one attached hydrogen (secondary N) is 2. The summed E-state index contributed by atoms with van der Waals surface area (Å²) in [5.41, 5.74) is 3.67. The minimum absolute atomic E-state index is 0.0645. The summed E-state index contributed by atoms with van der Waals surface area (Å²) in [6, 6.07) is 12.5. The molecule has 3 aromatic rings. The number of hydrogen-bond donors (Lipinski definition) is 5. The van der Waals surface area contributed by atoms with Crippen molar-refractivity contribution in [1.82, 2.24) is 4.90 Å². The Bertz CT molecular complexity index is 1900. The van der Waals surface area contributed by atoms with E-state index in [4.69, 9.17) is 5.73 Å². The molecule has 13 nitrogen and oxygen atoms in total. The second kappa shape index (κ2) is 11.3. The van der Waals surface area contributed by atoms with Crippen LogP contribution in [0.25, 0.3) is 10.8 Å². The number of phenolic OH excluding ortho intramolecular Hbond substituents is 1. The van der Waals surface area contributed by atoms with Crippen LogP contribution in [0.2, 0.25) is 0 Å². The number of urea groups is 1. The van der Waals surface area contributed by atoms with Crippen LogP contribution in [0.1, 0.15) is 22.3 Å². The molecule has 0 spiro atoms. The highest BCUT2D eigenvalue weighted by atomic mass is 16.3. The van der Waals surface area contributed by atoms with Crippen molar-refractivity contribution < 1.29 is 39.0 Å². The van der Waals surface area contributed by atoms with E-state index in [-0.39, 0.29) is 24.1 Å². The third-order valence-electron chi connectivity index (χ3n) is 9.81. The molecule has 0 aliphatic heterocycles. The summed E-state index contributed by atoms with van der Waals surface area (Å²) in [6.45, 7) is 0. The van der Waals surface area contributed by atoms with Crippen LogP contribution in [0.5, 0.6) is 5.75 Å². The molecular weight excluding hydrogens is 606 g/mol. The molecule has 13 heteroatoms. The average Bonchev–Trinajstić information content (AvgIpc) is 3.00. The van der Waals surface area contributed by atoms with Crippen LogP contribution >= 0.6 is 0 Å². The number of benzene rings is 3. The molecule has 3 aromatic carbocycles. The Labute approximate surface area is 269 Å². The molecule has 3 aliphatic rings. The zero-order valence-electron chi connectivity index (χ0n) is 26.2. The molecule has 2 unspecified atom stereocenters. The molecule has 6 rings (SSSR count). The maximum atomic E-state index is 14.2. The quantitative estimate of drug-likeness (QED) is 0.202. The smallest absolute Gasteiger partial charge is 0.323 e. The molecule has 47 heavy (non-hydrogen) atoms. The lowest BCUT2D eigenvalue weighted by Gasteiger charge is -2.52. The van der Waals surface area contributed by atoms with Crippen LogP contribution in [0.15, 0.2) is 48.5 Å². The van der Waals surface area contributed by atoms with Crippen molar-refractivity contribution in [2.24, 2.45) is 29.4 Å². The average molecular weight is 642 g/mol. The molecule has 0 heterocycles. The summed E-state index contributed by atoms with van der Waals surface area (Å²) < 4.78 is 0.